The van der Waals surface area contributed by atoms with E-state index in [1.807, 2.05) is 72.8 Å². The minimum atomic E-state index is 0.581. The Labute approximate surface area is 310 Å². The Balaban J connectivity index is 1.27. The van der Waals surface area contributed by atoms with Gasteiger partial charge in [-0.2, -0.15) is 0 Å². The molecule has 11 rings (SSSR count). The van der Waals surface area contributed by atoms with Crippen LogP contribution in [0.5, 0.6) is 0 Å². The minimum absolute atomic E-state index is 0.581. The summed E-state index contributed by atoms with van der Waals surface area (Å²) in [4.78, 5) is 15.4. The van der Waals surface area contributed by atoms with Crippen molar-refractivity contribution >= 4 is 54.5 Å². The van der Waals surface area contributed by atoms with Crippen LogP contribution < -0.4 is 0 Å². The van der Waals surface area contributed by atoms with Gasteiger partial charge in [0.25, 0.3) is 0 Å². The number of hydrogen-bond acceptors (Lipinski definition) is 4. The van der Waals surface area contributed by atoms with Gasteiger partial charge in [-0.3, -0.25) is 0 Å². The van der Waals surface area contributed by atoms with Gasteiger partial charge in [0.15, 0.2) is 17.5 Å². The van der Waals surface area contributed by atoms with Gasteiger partial charge in [-0.25, -0.2) is 15.0 Å². The van der Waals surface area contributed by atoms with Crippen LogP contribution in [0.15, 0.2) is 186 Å². The second-order valence-corrected chi connectivity index (χ2v) is 13.6. The van der Waals surface area contributed by atoms with E-state index in [1.165, 1.54) is 32.7 Å². The fourth-order valence-corrected chi connectivity index (χ4v) is 8.04. The summed E-state index contributed by atoms with van der Waals surface area (Å²) < 4.78 is 9.06. The maximum Gasteiger partial charge on any atom is 0.164 e. The summed E-state index contributed by atoms with van der Waals surface area (Å²) in [5.41, 5.74) is 9.83. The van der Waals surface area contributed by atoms with Crippen LogP contribution in [0.4, 0.5) is 0 Å². The van der Waals surface area contributed by atoms with Crippen molar-refractivity contribution in [2.45, 2.75) is 0 Å². The number of para-hydroxylation sites is 2. The number of nitrogens with zero attached hydrogens (tertiary/aromatic N) is 4. The highest BCUT2D eigenvalue weighted by molar-refractivity contribution is 6.24. The molecule has 3 heterocycles. The summed E-state index contributed by atoms with van der Waals surface area (Å²) in [6, 6.07) is 63.2. The van der Waals surface area contributed by atoms with Crippen LogP contribution in [-0.4, -0.2) is 19.5 Å². The topological polar surface area (TPSA) is 56.7 Å². The molecule has 0 aliphatic carbocycles. The zero-order chi connectivity index (χ0) is 35.6. The van der Waals surface area contributed by atoms with Gasteiger partial charge in [-0.1, -0.05) is 152 Å². The first-order chi connectivity index (χ1) is 26.8. The van der Waals surface area contributed by atoms with E-state index in [4.69, 9.17) is 19.4 Å². The molecule has 0 N–H and O–H groups in total. The van der Waals surface area contributed by atoms with Crippen LogP contribution in [0.2, 0.25) is 0 Å². The highest BCUT2D eigenvalue weighted by Crippen LogP contribution is 2.44. The molecule has 0 amide bonds. The van der Waals surface area contributed by atoms with E-state index >= 15 is 0 Å². The van der Waals surface area contributed by atoms with Gasteiger partial charge in [-0.15, -0.1) is 0 Å². The quantitative estimate of drug-likeness (QED) is 0.180. The van der Waals surface area contributed by atoms with Crippen molar-refractivity contribution in [3.8, 4) is 51.0 Å². The van der Waals surface area contributed by atoms with Crippen LogP contribution in [0.25, 0.3) is 105 Å². The van der Waals surface area contributed by atoms with E-state index < -0.39 is 0 Å². The van der Waals surface area contributed by atoms with Gasteiger partial charge >= 0.3 is 0 Å². The Morgan fingerprint density at radius 1 is 0.352 bits per heavy atom. The summed E-state index contributed by atoms with van der Waals surface area (Å²) in [7, 11) is 0. The first-order valence-electron chi connectivity index (χ1n) is 18.1. The highest BCUT2D eigenvalue weighted by Gasteiger charge is 2.23. The van der Waals surface area contributed by atoms with Crippen molar-refractivity contribution in [3.05, 3.63) is 182 Å². The van der Waals surface area contributed by atoms with Crippen LogP contribution in [0.3, 0.4) is 0 Å². The Kier molecular flexibility index (Phi) is 6.79. The highest BCUT2D eigenvalue weighted by atomic mass is 16.3. The molecule has 8 aromatic carbocycles. The molecule has 0 fully saturated rings. The van der Waals surface area contributed by atoms with Crippen LogP contribution in [0.1, 0.15) is 0 Å². The van der Waals surface area contributed by atoms with E-state index in [1.54, 1.807) is 0 Å². The van der Waals surface area contributed by atoms with Gasteiger partial charge in [0.1, 0.15) is 11.2 Å². The molecule has 0 unspecified atom stereocenters. The maximum absolute atomic E-state index is 6.69. The molecule has 54 heavy (non-hydrogen) atoms. The third kappa shape index (κ3) is 4.76. The van der Waals surface area contributed by atoms with Crippen molar-refractivity contribution in [2.75, 3.05) is 0 Å². The number of aromatic nitrogens is 4. The Morgan fingerprint density at radius 2 is 0.889 bits per heavy atom. The lowest BCUT2D eigenvalue weighted by Crippen LogP contribution is -2.01. The van der Waals surface area contributed by atoms with Crippen molar-refractivity contribution in [1.29, 1.82) is 0 Å². The van der Waals surface area contributed by atoms with Crippen LogP contribution in [-0.2, 0) is 0 Å². The lowest BCUT2D eigenvalue weighted by atomic mass is 9.95. The lowest BCUT2D eigenvalue weighted by Gasteiger charge is -2.14. The standard InChI is InChI=1S/C49H30N4O/c1-4-16-31(17-5-1)39-30-42-45(36-23-11-10-22-35(36)39)37-24-12-14-26-41(37)53(42)34-28-40(46-38-25-13-15-27-43(38)54-44(46)29-34)49-51-47(32-18-6-2-7-19-32)50-48(52-49)33-20-8-3-9-21-33/h1-30H. The number of furan rings is 1. The largest absolute Gasteiger partial charge is 0.456 e. The van der Waals surface area contributed by atoms with Crippen molar-refractivity contribution < 1.29 is 4.42 Å². The van der Waals surface area contributed by atoms with Crippen molar-refractivity contribution in [1.82, 2.24) is 19.5 Å². The van der Waals surface area contributed by atoms with Crippen LogP contribution in [0, 0.1) is 0 Å². The average Bonchev–Trinajstić information content (AvgIpc) is 3.79. The first-order valence-corrected chi connectivity index (χ1v) is 18.1. The van der Waals surface area contributed by atoms with E-state index in [-0.39, 0.29) is 0 Å². The molecule has 0 saturated carbocycles. The molecule has 0 spiro atoms. The number of hydrogen-bond donors (Lipinski definition) is 0. The normalized spacial score (nSPS) is 11.7. The molecular weight excluding hydrogens is 661 g/mol. The fourth-order valence-electron chi connectivity index (χ4n) is 8.04. The lowest BCUT2D eigenvalue weighted by molar-refractivity contribution is 0.668. The molecule has 0 radical (unpaired) electrons. The predicted molar refractivity (Wildman–Crippen MR) is 221 cm³/mol. The molecule has 0 aliphatic rings. The van der Waals surface area contributed by atoms with Crippen molar-refractivity contribution in [3.63, 3.8) is 0 Å². The SMILES string of the molecule is c1ccc(-c2nc(-c3ccccc3)nc(-c3cc(-n4c5ccccc5c5c6ccccc6c(-c6ccccc6)cc54)cc4oc5ccccc5c34)n2)cc1. The third-order valence-electron chi connectivity index (χ3n) is 10.4. The molecule has 0 atom stereocenters. The predicted octanol–water partition coefficient (Wildman–Crippen LogP) is 12.7. The Morgan fingerprint density at radius 3 is 1.57 bits per heavy atom. The molecule has 11 aromatic rings. The van der Waals surface area contributed by atoms with Crippen LogP contribution >= 0.6 is 0 Å². The summed E-state index contributed by atoms with van der Waals surface area (Å²) in [6.45, 7) is 0. The zero-order valence-electron chi connectivity index (χ0n) is 29.0. The second-order valence-electron chi connectivity index (χ2n) is 13.6. The van der Waals surface area contributed by atoms with Crippen molar-refractivity contribution in [2.24, 2.45) is 0 Å². The molecule has 5 heteroatoms. The summed E-state index contributed by atoms with van der Waals surface area (Å²) >= 11 is 0. The molecule has 5 nitrogen and oxygen atoms in total. The molecule has 0 saturated heterocycles. The number of fused-ring (bicyclic) bond motifs is 8. The molecule has 0 bridgehead atoms. The number of benzene rings is 8. The smallest absolute Gasteiger partial charge is 0.164 e. The van der Waals surface area contributed by atoms with Gasteiger partial charge in [0.05, 0.1) is 16.7 Å². The molecule has 252 valence electrons. The first kappa shape index (κ1) is 30.3. The van der Waals surface area contributed by atoms with E-state index in [9.17, 15) is 0 Å². The summed E-state index contributed by atoms with van der Waals surface area (Å²) in [6.07, 6.45) is 0. The van der Waals surface area contributed by atoms with Gasteiger partial charge < -0.3 is 8.98 Å². The van der Waals surface area contributed by atoms with Gasteiger partial charge in [-0.05, 0) is 46.2 Å². The van der Waals surface area contributed by atoms with Gasteiger partial charge in [0.2, 0.25) is 0 Å². The molecule has 0 aliphatic heterocycles. The number of rotatable bonds is 5. The Hall–Kier alpha value is -7.37. The van der Waals surface area contributed by atoms with Gasteiger partial charge in [0, 0.05) is 44.3 Å². The van der Waals surface area contributed by atoms with E-state index in [2.05, 4.69) is 114 Å². The maximum atomic E-state index is 6.69. The minimum Gasteiger partial charge on any atom is -0.456 e. The molecular formula is C49H30N4O. The third-order valence-corrected chi connectivity index (χ3v) is 10.4. The monoisotopic (exact) mass is 690 g/mol. The average molecular weight is 691 g/mol. The fraction of sp³-hybridized carbons (Fsp3) is 0. The Bertz CT molecular complexity index is 3140. The second kappa shape index (κ2) is 12.1. The van der Waals surface area contributed by atoms with E-state index in [0.29, 0.717) is 17.5 Å². The molecule has 3 aromatic heterocycles. The zero-order valence-corrected chi connectivity index (χ0v) is 29.0. The summed E-state index contributed by atoms with van der Waals surface area (Å²) in [5, 5.41) is 6.81. The summed E-state index contributed by atoms with van der Waals surface area (Å²) in [5.74, 6) is 1.81. The van der Waals surface area contributed by atoms with E-state index in [0.717, 1.165) is 55.3 Å².